The van der Waals surface area contributed by atoms with Gasteiger partial charge in [0.1, 0.15) is 11.5 Å². The summed E-state index contributed by atoms with van der Waals surface area (Å²) in [5, 5.41) is 19.1. The molecule has 0 unspecified atom stereocenters. The summed E-state index contributed by atoms with van der Waals surface area (Å²) in [5.41, 5.74) is 4.60. The van der Waals surface area contributed by atoms with E-state index >= 15 is 0 Å². The summed E-state index contributed by atoms with van der Waals surface area (Å²) in [4.78, 5) is 25.4. The normalized spacial score (nSPS) is 11.5. The lowest BCUT2D eigenvalue weighted by molar-refractivity contribution is -0.138. The van der Waals surface area contributed by atoms with E-state index in [0.29, 0.717) is 30.9 Å². The van der Waals surface area contributed by atoms with Crippen LogP contribution in [0.1, 0.15) is 56.1 Å². The molecule has 0 fully saturated rings. The van der Waals surface area contributed by atoms with Crippen LogP contribution in [0.25, 0.3) is 22.0 Å². The highest BCUT2D eigenvalue weighted by atomic mass is 32.2. The maximum absolute atomic E-state index is 12.4. The number of benzene rings is 3. The van der Waals surface area contributed by atoms with Crippen molar-refractivity contribution in [2.75, 3.05) is 19.5 Å². The summed E-state index contributed by atoms with van der Waals surface area (Å²) in [7, 11) is -3.43. The fourth-order valence-electron chi connectivity index (χ4n) is 5.13. The summed E-state index contributed by atoms with van der Waals surface area (Å²) in [6, 6.07) is 18.7. The molecule has 0 bridgehead atoms. The third-order valence-corrected chi connectivity index (χ3v) is 8.51. The Morgan fingerprint density at radius 3 is 2.32 bits per heavy atom. The van der Waals surface area contributed by atoms with Crippen molar-refractivity contribution in [2.45, 2.75) is 62.7 Å². The molecule has 1 aromatic heterocycles. The molecule has 0 saturated carbocycles. The number of carboxylic acids is 2. The molecule has 0 spiro atoms. The van der Waals surface area contributed by atoms with E-state index in [1.54, 1.807) is 12.1 Å². The standard InChI is InChI=1S/C34H39NO8S/c1-44(40,41)29-22-27(25-12-14-31-26(20-25)16-17-35-31)21-28(23-29)42-18-5-3-2-4-8-24-9-6-10-32(30(24)13-15-34(38)39)43-19-7-11-33(36)37/h6,9-10,12,14,16-17,20-23,35H,2-5,7-8,11,13,15,18-19H2,1H3,(H,36,37)(H,38,39). The highest BCUT2D eigenvalue weighted by Gasteiger charge is 2.14. The number of ether oxygens (including phenoxy) is 2. The zero-order chi connectivity index (χ0) is 31.5. The number of sulfone groups is 1. The van der Waals surface area contributed by atoms with E-state index in [2.05, 4.69) is 4.98 Å². The molecule has 0 amide bonds. The quantitative estimate of drug-likeness (QED) is 0.104. The summed E-state index contributed by atoms with van der Waals surface area (Å²) in [6.45, 7) is 0.708. The van der Waals surface area contributed by atoms with Gasteiger partial charge in [0.15, 0.2) is 9.84 Å². The molecule has 3 aromatic carbocycles. The van der Waals surface area contributed by atoms with Gasteiger partial charge in [-0.25, -0.2) is 8.42 Å². The van der Waals surface area contributed by atoms with Crippen molar-refractivity contribution < 1.29 is 37.7 Å². The largest absolute Gasteiger partial charge is 0.494 e. The molecule has 0 saturated heterocycles. The van der Waals surface area contributed by atoms with Gasteiger partial charge < -0.3 is 24.7 Å². The summed E-state index contributed by atoms with van der Waals surface area (Å²) in [6.07, 6.45) is 8.12. The minimum atomic E-state index is -3.43. The number of aryl methyl sites for hydroxylation is 1. The predicted octanol–water partition coefficient (Wildman–Crippen LogP) is 6.68. The molecule has 4 aromatic rings. The second-order valence-electron chi connectivity index (χ2n) is 10.9. The molecule has 10 heteroatoms. The fraction of sp³-hybridized carbons (Fsp3) is 0.353. The van der Waals surface area contributed by atoms with E-state index < -0.39 is 21.8 Å². The number of H-pyrrole nitrogens is 1. The first-order chi connectivity index (χ1) is 21.1. The average Bonchev–Trinajstić information content (AvgIpc) is 3.45. The minimum absolute atomic E-state index is 0.0111. The molecule has 0 aliphatic carbocycles. The Balaban J connectivity index is 1.31. The number of hydrogen-bond donors (Lipinski definition) is 3. The lowest BCUT2D eigenvalue weighted by atomic mass is 9.97. The number of hydrogen-bond acceptors (Lipinski definition) is 6. The van der Waals surface area contributed by atoms with E-state index in [1.807, 2.05) is 54.7 Å². The van der Waals surface area contributed by atoms with Gasteiger partial charge >= 0.3 is 11.9 Å². The third-order valence-electron chi connectivity index (χ3n) is 7.42. The summed E-state index contributed by atoms with van der Waals surface area (Å²) in [5.74, 6) is -0.629. The van der Waals surface area contributed by atoms with E-state index in [-0.39, 0.29) is 24.3 Å². The van der Waals surface area contributed by atoms with Crippen molar-refractivity contribution >= 4 is 32.7 Å². The van der Waals surface area contributed by atoms with Gasteiger partial charge in [-0.05, 0) is 102 Å². The number of aliphatic carboxylic acids is 2. The first-order valence-electron chi connectivity index (χ1n) is 14.8. The molecule has 3 N–H and O–H groups in total. The van der Waals surface area contributed by atoms with Gasteiger partial charge in [-0.15, -0.1) is 0 Å². The number of fused-ring (bicyclic) bond motifs is 1. The number of unbranched alkanes of at least 4 members (excludes halogenated alkanes) is 3. The topological polar surface area (TPSA) is 143 Å². The van der Waals surface area contributed by atoms with Gasteiger partial charge in [-0.2, -0.15) is 0 Å². The zero-order valence-electron chi connectivity index (χ0n) is 24.9. The van der Waals surface area contributed by atoms with Crippen LogP contribution in [0.3, 0.4) is 0 Å². The van der Waals surface area contributed by atoms with Crippen molar-refractivity contribution in [3.8, 4) is 22.6 Å². The van der Waals surface area contributed by atoms with Crippen LogP contribution < -0.4 is 9.47 Å². The smallest absolute Gasteiger partial charge is 0.303 e. The molecule has 0 atom stereocenters. The van der Waals surface area contributed by atoms with Crippen molar-refractivity contribution in [3.05, 3.63) is 78.0 Å². The van der Waals surface area contributed by atoms with Crippen LogP contribution in [0, 0.1) is 0 Å². The fourth-order valence-corrected chi connectivity index (χ4v) is 5.80. The van der Waals surface area contributed by atoms with Crippen LogP contribution in [-0.2, 0) is 32.3 Å². The molecule has 0 aliphatic rings. The molecule has 1 heterocycles. The maximum atomic E-state index is 12.4. The Kier molecular flexibility index (Phi) is 11.4. The van der Waals surface area contributed by atoms with Crippen molar-refractivity contribution in [2.24, 2.45) is 0 Å². The number of carboxylic acid groups (broad SMARTS) is 2. The molecular formula is C34H39NO8S. The molecule has 234 valence electrons. The van der Waals surface area contributed by atoms with Gasteiger partial charge in [-0.1, -0.05) is 31.0 Å². The van der Waals surface area contributed by atoms with E-state index in [1.165, 1.54) is 6.26 Å². The van der Waals surface area contributed by atoms with Crippen molar-refractivity contribution in [1.82, 2.24) is 4.98 Å². The maximum Gasteiger partial charge on any atom is 0.303 e. The number of carbonyl (C=O) groups is 2. The van der Waals surface area contributed by atoms with Crippen LogP contribution in [0.4, 0.5) is 0 Å². The average molecular weight is 622 g/mol. The second kappa shape index (κ2) is 15.4. The molecule has 0 aliphatic heterocycles. The molecule has 0 radical (unpaired) electrons. The summed E-state index contributed by atoms with van der Waals surface area (Å²) < 4.78 is 36.6. The van der Waals surface area contributed by atoms with Crippen LogP contribution in [0.5, 0.6) is 11.5 Å². The highest BCUT2D eigenvalue weighted by molar-refractivity contribution is 7.90. The van der Waals surface area contributed by atoms with E-state index in [9.17, 15) is 23.1 Å². The van der Waals surface area contributed by atoms with Gasteiger partial charge in [0.05, 0.1) is 18.1 Å². The van der Waals surface area contributed by atoms with E-state index in [0.717, 1.165) is 65.3 Å². The monoisotopic (exact) mass is 621 g/mol. The lowest BCUT2D eigenvalue weighted by Crippen LogP contribution is -2.07. The number of aromatic nitrogens is 1. The SMILES string of the molecule is CS(=O)(=O)c1cc(OCCCCCCc2cccc(OCCCC(=O)O)c2CCC(=O)O)cc(-c2ccc3[nH]ccc3c2)c1. The third kappa shape index (κ3) is 9.60. The van der Waals surface area contributed by atoms with Crippen LogP contribution in [0.2, 0.25) is 0 Å². The number of nitrogens with one attached hydrogen (secondary N) is 1. The van der Waals surface area contributed by atoms with Crippen molar-refractivity contribution in [3.63, 3.8) is 0 Å². The minimum Gasteiger partial charge on any atom is -0.494 e. The number of aromatic amines is 1. The lowest BCUT2D eigenvalue weighted by Gasteiger charge is -2.15. The Bertz CT molecular complexity index is 1690. The van der Waals surface area contributed by atoms with E-state index in [4.69, 9.17) is 14.6 Å². The second-order valence-corrected chi connectivity index (χ2v) is 12.9. The van der Waals surface area contributed by atoms with Crippen LogP contribution in [0.15, 0.2) is 71.8 Å². The highest BCUT2D eigenvalue weighted by Crippen LogP contribution is 2.31. The Morgan fingerprint density at radius 2 is 1.55 bits per heavy atom. The Morgan fingerprint density at radius 1 is 0.773 bits per heavy atom. The molecular weight excluding hydrogens is 582 g/mol. The van der Waals surface area contributed by atoms with Gasteiger partial charge in [0.25, 0.3) is 0 Å². The van der Waals surface area contributed by atoms with Crippen molar-refractivity contribution in [1.29, 1.82) is 0 Å². The number of rotatable bonds is 18. The molecule has 9 nitrogen and oxygen atoms in total. The van der Waals surface area contributed by atoms with Crippen LogP contribution >= 0.6 is 0 Å². The first-order valence-corrected chi connectivity index (χ1v) is 16.7. The van der Waals surface area contributed by atoms with Crippen LogP contribution in [-0.4, -0.2) is 55.0 Å². The zero-order valence-corrected chi connectivity index (χ0v) is 25.7. The Hall–Kier alpha value is -4.31. The van der Waals surface area contributed by atoms with Gasteiger partial charge in [-0.3, -0.25) is 9.59 Å². The summed E-state index contributed by atoms with van der Waals surface area (Å²) >= 11 is 0. The molecule has 44 heavy (non-hydrogen) atoms. The Labute approximate surface area is 257 Å². The first kappa shape index (κ1) is 32.6. The predicted molar refractivity (Wildman–Crippen MR) is 169 cm³/mol. The van der Waals surface area contributed by atoms with Gasteiger partial charge in [0, 0.05) is 30.8 Å². The molecule has 4 rings (SSSR count). The van der Waals surface area contributed by atoms with Gasteiger partial charge in [0.2, 0.25) is 0 Å².